The van der Waals surface area contributed by atoms with Gasteiger partial charge in [0.1, 0.15) is 43.8 Å². The van der Waals surface area contributed by atoms with Gasteiger partial charge in [-0.05, 0) is 11.8 Å². The Kier molecular flexibility index (Phi) is 10.8. The summed E-state index contributed by atoms with van der Waals surface area (Å²) in [4.78, 5) is 60.2. The first-order valence-corrected chi connectivity index (χ1v) is 13.4. The lowest BCUT2D eigenvalue weighted by Crippen LogP contribution is -2.45. The minimum Gasteiger partial charge on any atom is -0.460 e. The zero-order valence-corrected chi connectivity index (χ0v) is 23.4. The van der Waals surface area contributed by atoms with Crippen LogP contribution in [0.2, 0.25) is 0 Å². The van der Waals surface area contributed by atoms with Gasteiger partial charge in [-0.25, -0.2) is 14.2 Å². The Balaban J connectivity index is 1.67. The number of esters is 3. The number of fused-ring (bicyclic) bond motifs is 1. The predicted octanol–water partition coefficient (Wildman–Crippen LogP) is 0.0724. The van der Waals surface area contributed by atoms with Crippen molar-refractivity contribution in [3.63, 3.8) is 0 Å². The van der Waals surface area contributed by atoms with Gasteiger partial charge in [0.2, 0.25) is 12.1 Å². The quantitative estimate of drug-likeness (QED) is 0.181. The van der Waals surface area contributed by atoms with Gasteiger partial charge in [-0.3, -0.25) is 23.9 Å². The Morgan fingerprint density at radius 3 is 2.39 bits per heavy atom. The van der Waals surface area contributed by atoms with Crippen molar-refractivity contribution in [2.24, 2.45) is 23.3 Å². The Bertz CT molecular complexity index is 1290. The van der Waals surface area contributed by atoms with Crippen molar-refractivity contribution in [1.29, 1.82) is 0 Å². The zero-order valence-electron chi connectivity index (χ0n) is 23.4. The molecule has 16 heteroatoms. The molecule has 0 bridgehead atoms. The molecule has 1 fully saturated rings. The predicted molar refractivity (Wildman–Crippen MR) is 143 cm³/mol. The number of H-pyrrole nitrogens is 1. The molecule has 0 radical (unpaired) electrons. The molecule has 0 saturated carbocycles. The van der Waals surface area contributed by atoms with E-state index in [-0.39, 0.29) is 35.4 Å². The fraction of sp³-hybridized carbons (Fsp3) is 0.680. The number of nitrogens with one attached hydrogen (secondary N) is 1. The van der Waals surface area contributed by atoms with Crippen LogP contribution in [0.1, 0.15) is 53.2 Å². The highest BCUT2D eigenvalue weighted by Gasteiger charge is 2.39. The first-order chi connectivity index (χ1) is 19.4. The summed E-state index contributed by atoms with van der Waals surface area (Å²) in [5.41, 5.74) is 17.0. The third kappa shape index (κ3) is 7.56. The average Bonchev–Trinajstić information content (AvgIpc) is 3.54. The van der Waals surface area contributed by atoms with Gasteiger partial charge < -0.3 is 36.1 Å². The Morgan fingerprint density at radius 2 is 1.76 bits per heavy atom. The van der Waals surface area contributed by atoms with Crippen LogP contribution in [0.4, 0.5) is 10.3 Å². The number of aromatic nitrogens is 4. The number of anilines is 1. The highest BCUT2D eigenvalue weighted by atomic mass is 19.1. The van der Waals surface area contributed by atoms with Crippen molar-refractivity contribution in [1.82, 2.24) is 19.5 Å². The third-order valence-electron chi connectivity index (χ3n) is 7.27. The molecule has 1 aliphatic rings. The number of hydrogen-bond acceptors (Lipinski definition) is 13. The number of rotatable bonds is 13. The van der Waals surface area contributed by atoms with E-state index in [2.05, 4.69) is 15.0 Å². The van der Waals surface area contributed by atoms with Gasteiger partial charge in [0, 0.05) is 6.42 Å². The van der Waals surface area contributed by atoms with Crippen molar-refractivity contribution in [3.05, 3.63) is 16.7 Å². The lowest BCUT2D eigenvalue weighted by Gasteiger charge is -2.23. The van der Waals surface area contributed by atoms with E-state index in [1.807, 2.05) is 13.8 Å². The van der Waals surface area contributed by atoms with Crippen LogP contribution in [0, 0.1) is 11.8 Å². The van der Waals surface area contributed by atoms with Gasteiger partial charge in [0.15, 0.2) is 11.2 Å². The molecule has 41 heavy (non-hydrogen) atoms. The van der Waals surface area contributed by atoms with E-state index >= 15 is 0 Å². The number of nitrogens with two attached hydrogens (primary N) is 3. The van der Waals surface area contributed by atoms with Crippen LogP contribution in [-0.4, -0.2) is 81.1 Å². The van der Waals surface area contributed by atoms with Crippen molar-refractivity contribution < 1.29 is 37.7 Å². The molecule has 0 aromatic carbocycles. The SMILES string of the molecule is CC[C@H](C)[C@H](N)C(=O)OCC(OC(=O)[C@@H](N)[C@@H](C)CC)C(=O)OC[C@H]1O[C@@H](n2cnc3c(=O)[nH]c(N)nc32)CC1F. The fourth-order valence-corrected chi connectivity index (χ4v) is 4.02. The van der Waals surface area contributed by atoms with E-state index in [9.17, 15) is 23.6 Å². The Labute approximate surface area is 235 Å². The Morgan fingerprint density at radius 1 is 1.12 bits per heavy atom. The van der Waals surface area contributed by atoms with Gasteiger partial charge in [-0.1, -0.05) is 40.5 Å². The van der Waals surface area contributed by atoms with Crippen molar-refractivity contribution in [3.8, 4) is 0 Å². The second-order valence-corrected chi connectivity index (χ2v) is 10.2. The smallest absolute Gasteiger partial charge is 0.351 e. The minimum atomic E-state index is -1.67. The summed E-state index contributed by atoms with van der Waals surface area (Å²) in [5, 5.41) is 0. The minimum absolute atomic E-state index is 0.00376. The zero-order chi connectivity index (χ0) is 30.4. The average molecular weight is 584 g/mol. The largest absolute Gasteiger partial charge is 0.460 e. The monoisotopic (exact) mass is 583 g/mol. The third-order valence-corrected chi connectivity index (χ3v) is 7.27. The van der Waals surface area contributed by atoms with E-state index in [0.29, 0.717) is 12.8 Å². The molecule has 228 valence electrons. The molecule has 7 N–H and O–H groups in total. The standard InChI is InChI=1S/C25H38FN7O8/c1-5-11(3)17(27)23(36)39-9-15(41-24(37)18(28)12(4)6-2)22(35)38-8-14-13(26)7-16(40-14)33-10-30-19-20(33)31-25(29)32-21(19)34/h10-18H,5-9,27-28H2,1-4H3,(H3,29,31,32,34)/t11-,12-,13?,14+,15?,16+,17-,18-/m0/s1. The van der Waals surface area contributed by atoms with E-state index in [4.69, 9.17) is 36.1 Å². The summed E-state index contributed by atoms with van der Waals surface area (Å²) in [6.07, 6.45) is -3.07. The second kappa shape index (κ2) is 13.8. The molecule has 1 saturated heterocycles. The van der Waals surface area contributed by atoms with E-state index in [1.165, 1.54) is 10.9 Å². The molecular weight excluding hydrogens is 545 g/mol. The number of carbonyl (C=O) groups excluding carboxylic acids is 3. The van der Waals surface area contributed by atoms with Crippen LogP contribution >= 0.6 is 0 Å². The van der Waals surface area contributed by atoms with Crippen LogP contribution in [0.5, 0.6) is 0 Å². The lowest BCUT2D eigenvalue weighted by atomic mass is 10.0. The van der Waals surface area contributed by atoms with Gasteiger partial charge in [-0.2, -0.15) is 4.98 Å². The number of imidazole rings is 1. The normalized spacial score (nSPS) is 22.5. The number of ether oxygens (including phenoxy) is 4. The number of nitrogen functional groups attached to an aromatic ring is 1. The lowest BCUT2D eigenvalue weighted by molar-refractivity contribution is -0.178. The topological polar surface area (TPSA) is 230 Å². The maximum absolute atomic E-state index is 14.9. The molecule has 2 aromatic rings. The molecule has 0 amide bonds. The molecule has 2 unspecified atom stereocenters. The van der Waals surface area contributed by atoms with Gasteiger partial charge in [-0.15, -0.1) is 0 Å². The van der Waals surface area contributed by atoms with Crippen LogP contribution in [0.15, 0.2) is 11.1 Å². The van der Waals surface area contributed by atoms with Crippen molar-refractivity contribution >= 4 is 35.0 Å². The van der Waals surface area contributed by atoms with E-state index in [1.54, 1.807) is 13.8 Å². The molecule has 15 nitrogen and oxygen atoms in total. The first kappa shape index (κ1) is 31.9. The Hall–Kier alpha value is -3.63. The van der Waals surface area contributed by atoms with Crippen LogP contribution in [-0.2, 0) is 33.3 Å². The highest BCUT2D eigenvalue weighted by Crippen LogP contribution is 2.32. The van der Waals surface area contributed by atoms with Crippen molar-refractivity contribution in [2.75, 3.05) is 18.9 Å². The maximum atomic E-state index is 14.9. The van der Waals surface area contributed by atoms with Gasteiger partial charge >= 0.3 is 17.9 Å². The highest BCUT2D eigenvalue weighted by molar-refractivity contribution is 5.82. The number of nitrogens with zero attached hydrogens (tertiary/aromatic N) is 3. The molecule has 3 rings (SSSR count). The second-order valence-electron chi connectivity index (χ2n) is 10.2. The summed E-state index contributed by atoms with van der Waals surface area (Å²) >= 11 is 0. The molecule has 2 aromatic heterocycles. The van der Waals surface area contributed by atoms with Crippen LogP contribution < -0.4 is 22.8 Å². The number of halogens is 1. The summed E-state index contributed by atoms with van der Waals surface area (Å²) in [7, 11) is 0. The number of aromatic amines is 1. The fourth-order valence-electron chi connectivity index (χ4n) is 4.02. The summed E-state index contributed by atoms with van der Waals surface area (Å²) < 4.78 is 37.6. The number of carbonyl (C=O) groups is 3. The van der Waals surface area contributed by atoms with Crippen LogP contribution in [0.25, 0.3) is 11.2 Å². The number of alkyl halides is 1. The summed E-state index contributed by atoms with van der Waals surface area (Å²) in [6, 6.07) is -1.99. The maximum Gasteiger partial charge on any atom is 0.351 e. The molecule has 3 heterocycles. The molecule has 0 spiro atoms. The summed E-state index contributed by atoms with van der Waals surface area (Å²) in [6.45, 7) is 5.97. The molecule has 0 aliphatic carbocycles. The van der Waals surface area contributed by atoms with Gasteiger partial charge in [0.05, 0.1) is 6.33 Å². The molecular formula is C25H38FN7O8. The van der Waals surface area contributed by atoms with E-state index in [0.717, 1.165) is 0 Å². The first-order valence-electron chi connectivity index (χ1n) is 13.4. The number of hydrogen-bond donors (Lipinski definition) is 4. The summed E-state index contributed by atoms with van der Waals surface area (Å²) in [5.74, 6) is -3.36. The van der Waals surface area contributed by atoms with Gasteiger partial charge in [0.25, 0.3) is 5.56 Å². The van der Waals surface area contributed by atoms with Crippen LogP contribution in [0.3, 0.4) is 0 Å². The van der Waals surface area contributed by atoms with E-state index < -0.39 is 73.4 Å². The molecule has 1 aliphatic heterocycles. The van der Waals surface area contributed by atoms with Crippen molar-refractivity contribution in [2.45, 2.75) is 83.6 Å². The molecule has 8 atom stereocenters.